The lowest BCUT2D eigenvalue weighted by molar-refractivity contribution is 0.276. The highest BCUT2D eigenvalue weighted by molar-refractivity contribution is 5.59. The molecule has 16 heavy (non-hydrogen) atoms. The van der Waals surface area contributed by atoms with Gasteiger partial charge in [0.05, 0.1) is 5.69 Å². The number of hydrogen-bond donors (Lipinski definition) is 3. The summed E-state index contributed by atoms with van der Waals surface area (Å²) >= 11 is 0. The van der Waals surface area contributed by atoms with Crippen molar-refractivity contribution in [2.75, 3.05) is 18.8 Å². The van der Waals surface area contributed by atoms with Crippen molar-refractivity contribution in [1.82, 2.24) is 4.90 Å². The van der Waals surface area contributed by atoms with Gasteiger partial charge in [0.1, 0.15) is 11.5 Å². The summed E-state index contributed by atoms with van der Waals surface area (Å²) in [4.78, 5) is 2.19. The third-order valence-corrected chi connectivity index (χ3v) is 2.58. The molecule has 0 atom stereocenters. The fourth-order valence-electron chi connectivity index (χ4n) is 1.73. The quantitative estimate of drug-likeness (QED) is 0.406. The first kappa shape index (κ1) is 12.6. The van der Waals surface area contributed by atoms with Crippen LogP contribution in [0.15, 0.2) is 12.1 Å². The van der Waals surface area contributed by atoms with E-state index in [1.807, 2.05) is 0 Å². The molecule has 0 aliphatic rings. The van der Waals surface area contributed by atoms with Crippen molar-refractivity contribution in [3.8, 4) is 11.5 Å². The lowest BCUT2D eigenvalue weighted by atomic mass is 10.1. The van der Waals surface area contributed by atoms with E-state index in [0.29, 0.717) is 12.1 Å². The van der Waals surface area contributed by atoms with Crippen LogP contribution in [0.25, 0.3) is 0 Å². The van der Waals surface area contributed by atoms with Gasteiger partial charge in [0.25, 0.3) is 0 Å². The smallest absolute Gasteiger partial charge is 0.143 e. The molecule has 90 valence electrons. The van der Waals surface area contributed by atoms with E-state index in [0.717, 1.165) is 19.5 Å². The van der Waals surface area contributed by atoms with Crippen molar-refractivity contribution in [3.63, 3.8) is 0 Å². The number of aromatic hydroxyl groups is 2. The van der Waals surface area contributed by atoms with Crippen molar-refractivity contribution in [2.45, 2.75) is 26.8 Å². The minimum atomic E-state index is 0.0763. The van der Waals surface area contributed by atoms with E-state index in [2.05, 4.69) is 18.7 Å². The Hall–Kier alpha value is -1.42. The summed E-state index contributed by atoms with van der Waals surface area (Å²) in [6, 6.07) is 2.92. The van der Waals surface area contributed by atoms with E-state index in [-0.39, 0.29) is 17.2 Å². The number of nitrogen functional groups attached to an aromatic ring is 1. The minimum absolute atomic E-state index is 0.0763. The molecule has 0 saturated carbocycles. The molecule has 1 aromatic carbocycles. The maximum absolute atomic E-state index is 9.77. The van der Waals surface area contributed by atoms with E-state index in [1.165, 1.54) is 6.07 Å². The van der Waals surface area contributed by atoms with Crippen LogP contribution in [0.5, 0.6) is 11.5 Å². The number of hydrogen-bond acceptors (Lipinski definition) is 4. The van der Waals surface area contributed by atoms with Gasteiger partial charge in [-0.05, 0) is 25.6 Å². The zero-order chi connectivity index (χ0) is 12.1. The number of nitrogens with two attached hydrogens (primary N) is 1. The number of benzene rings is 1. The molecule has 0 fully saturated rings. The predicted molar refractivity (Wildman–Crippen MR) is 65.4 cm³/mol. The summed E-state index contributed by atoms with van der Waals surface area (Å²) in [5.41, 5.74) is 6.48. The molecule has 0 radical (unpaired) electrons. The molecular weight excluding hydrogens is 204 g/mol. The number of phenolic OH excluding ortho intramolecular Hbond substituents is 2. The molecule has 1 aromatic rings. The molecule has 0 heterocycles. The lowest BCUT2D eigenvalue weighted by Gasteiger charge is -2.20. The van der Waals surface area contributed by atoms with Crippen LogP contribution in [0.3, 0.4) is 0 Å². The SMILES string of the molecule is CCCN(CC)Cc1cc(O)cc(N)c1O. The van der Waals surface area contributed by atoms with Gasteiger partial charge in [-0.3, -0.25) is 4.90 Å². The monoisotopic (exact) mass is 224 g/mol. The maximum atomic E-state index is 9.77. The van der Waals surface area contributed by atoms with E-state index in [1.54, 1.807) is 6.07 Å². The van der Waals surface area contributed by atoms with Crippen molar-refractivity contribution < 1.29 is 10.2 Å². The number of rotatable bonds is 5. The predicted octanol–water partition coefficient (Wildman–Crippen LogP) is 1.91. The third kappa shape index (κ3) is 3.03. The van der Waals surface area contributed by atoms with E-state index >= 15 is 0 Å². The molecule has 4 N–H and O–H groups in total. The standard InChI is InChI=1S/C12H20N2O2/c1-3-5-14(4-2)8-9-6-10(15)7-11(13)12(9)16/h6-7,15-16H,3-5,8,13H2,1-2H3. The average molecular weight is 224 g/mol. The fourth-order valence-corrected chi connectivity index (χ4v) is 1.73. The topological polar surface area (TPSA) is 69.7 Å². The average Bonchev–Trinajstić information content (AvgIpc) is 2.24. The molecule has 0 aromatic heterocycles. The molecule has 0 aliphatic heterocycles. The van der Waals surface area contributed by atoms with Gasteiger partial charge in [0.15, 0.2) is 0 Å². The molecule has 0 spiro atoms. The van der Waals surface area contributed by atoms with E-state index < -0.39 is 0 Å². The molecule has 4 nitrogen and oxygen atoms in total. The van der Waals surface area contributed by atoms with Crippen LogP contribution in [0.2, 0.25) is 0 Å². The maximum Gasteiger partial charge on any atom is 0.143 e. The Kier molecular flexibility index (Phi) is 4.43. The Morgan fingerprint density at radius 1 is 1.25 bits per heavy atom. The summed E-state index contributed by atoms with van der Waals surface area (Å²) in [5.74, 6) is 0.171. The van der Waals surface area contributed by atoms with Crippen LogP contribution < -0.4 is 5.73 Å². The second-order valence-corrected chi connectivity index (χ2v) is 3.91. The van der Waals surface area contributed by atoms with Gasteiger partial charge in [-0.15, -0.1) is 0 Å². The molecule has 0 saturated heterocycles. The Labute approximate surface area is 96.3 Å². The second kappa shape index (κ2) is 5.61. The van der Waals surface area contributed by atoms with Crippen LogP contribution >= 0.6 is 0 Å². The van der Waals surface area contributed by atoms with Gasteiger partial charge in [-0.25, -0.2) is 0 Å². The second-order valence-electron chi connectivity index (χ2n) is 3.91. The fraction of sp³-hybridized carbons (Fsp3) is 0.500. The lowest BCUT2D eigenvalue weighted by Crippen LogP contribution is -2.23. The zero-order valence-electron chi connectivity index (χ0n) is 9.90. The first-order valence-electron chi connectivity index (χ1n) is 5.61. The van der Waals surface area contributed by atoms with Gasteiger partial charge < -0.3 is 15.9 Å². The van der Waals surface area contributed by atoms with Crippen molar-refractivity contribution >= 4 is 5.69 Å². The summed E-state index contributed by atoms with van der Waals surface area (Å²) < 4.78 is 0. The first-order valence-corrected chi connectivity index (χ1v) is 5.61. The van der Waals surface area contributed by atoms with Crippen molar-refractivity contribution in [2.24, 2.45) is 0 Å². The molecule has 4 heteroatoms. The first-order chi connectivity index (χ1) is 7.58. The molecule has 0 bridgehead atoms. The van der Waals surface area contributed by atoms with E-state index in [4.69, 9.17) is 5.73 Å². The molecule has 0 amide bonds. The van der Waals surface area contributed by atoms with Crippen LogP contribution in [0.4, 0.5) is 5.69 Å². The summed E-state index contributed by atoms with van der Waals surface area (Å²) in [6.07, 6.45) is 1.06. The van der Waals surface area contributed by atoms with Crippen molar-refractivity contribution in [3.05, 3.63) is 17.7 Å². The molecule has 0 unspecified atom stereocenters. The van der Waals surface area contributed by atoms with Crippen LogP contribution in [0.1, 0.15) is 25.8 Å². The van der Waals surface area contributed by atoms with Gasteiger partial charge in [-0.1, -0.05) is 13.8 Å². The Morgan fingerprint density at radius 3 is 2.50 bits per heavy atom. The number of anilines is 1. The van der Waals surface area contributed by atoms with Gasteiger partial charge >= 0.3 is 0 Å². The van der Waals surface area contributed by atoms with Gasteiger partial charge in [0.2, 0.25) is 0 Å². The largest absolute Gasteiger partial charge is 0.508 e. The van der Waals surface area contributed by atoms with E-state index in [9.17, 15) is 10.2 Å². The molecule has 1 rings (SSSR count). The third-order valence-electron chi connectivity index (χ3n) is 2.58. The summed E-state index contributed by atoms with van der Waals surface area (Å²) in [6.45, 7) is 6.65. The minimum Gasteiger partial charge on any atom is -0.508 e. The summed E-state index contributed by atoms with van der Waals surface area (Å²) in [7, 11) is 0. The van der Waals surface area contributed by atoms with Crippen LogP contribution in [-0.2, 0) is 6.54 Å². The highest BCUT2D eigenvalue weighted by Gasteiger charge is 2.10. The number of nitrogens with zero attached hydrogens (tertiary/aromatic N) is 1. The Morgan fingerprint density at radius 2 is 1.94 bits per heavy atom. The molecule has 0 aliphatic carbocycles. The van der Waals surface area contributed by atoms with Crippen LogP contribution in [-0.4, -0.2) is 28.2 Å². The highest BCUT2D eigenvalue weighted by Crippen LogP contribution is 2.30. The Balaban J connectivity index is 2.87. The zero-order valence-corrected chi connectivity index (χ0v) is 9.90. The Bertz CT molecular complexity index is 353. The highest BCUT2D eigenvalue weighted by atomic mass is 16.3. The van der Waals surface area contributed by atoms with Crippen molar-refractivity contribution in [1.29, 1.82) is 0 Å². The van der Waals surface area contributed by atoms with Gasteiger partial charge in [-0.2, -0.15) is 0 Å². The normalized spacial score (nSPS) is 10.9. The number of phenols is 2. The van der Waals surface area contributed by atoms with Gasteiger partial charge in [0, 0.05) is 18.2 Å². The molecular formula is C12H20N2O2. The van der Waals surface area contributed by atoms with Crippen LogP contribution in [0, 0.1) is 0 Å². The summed E-state index contributed by atoms with van der Waals surface area (Å²) in [5, 5.41) is 19.2.